The van der Waals surface area contributed by atoms with Gasteiger partial charge in [-0.2, -0.15) is 0 Å². The molecule has 1 saturated heterocycles. The number of ether oxygens (including phenoxy) is 1. The van der Waals surface area contributed by atoms with Gasteiger partial charge in [0.25, 0.3) is 0 Å². The molecule has 1 fully saturated rings. The van der Waals surface area contributed by atoms with Gasteiger partial charge in [0.1, 0.15) is 5.60 Å². The SMILES string of the molecule is C=CC[C@H]1C(=O)CN1C(=O)OC(C)(C)C. The van der Waals surface area contributed by atoms with Crippen LogP contribution in [0.1, 0.15) is 27.2 Å². The van der Waals surface area contributed by atoms with E-state index >= 15 is 0 Å². The lowest BCUT2D eigenvalue weighted by atomic mass is 9.99. The number of nitrogens with zero attached hydrogens (tertiary/aromatic N) is 1. The van der Waals surface area contributed by atoms with Crippen molar-refractivity contribution in [3.8, 4) is 0 Å². The molecule has 1 aliphatic heterocycles. The molecule has 0 aromatic heterocycles. The zero-order valence-corrected chi connectivity index (χ0v) is 9.45. The highest BCUT2D eigenvalue weighted by Gasteiger charge is 2.41. The van der Waals surface area contributed by atoms with Gasteiger partial charge in [-0.3, -0.25) is 9.69 Å². The van der Waals surface area contributed by atoms with Gasteiger partial charge in [-0.1, -0.05) is 6.08 Å². The number of carbonyl (C=O) groups excluding carboxylic acids is 2. The molecule has 0 aliphatic carbocycles. The van der Waals surface area contributed by atoms with E-state index < -0.39 is 11.7 Å². The summed E-state index contributed by atoms with van der Waals surface area (Å²) in [7, 11) is 0. The Balaban J connectivity index is 2.54. The molecule has 0 bridgehead atoms. The van der Waals surface area contributed by atoms with E-state index in [0.717, 1.165) is 0 Å². The molecule has 84 valence electrons. The average molecular weight is 211 g/mol. The smallest absolute Gasteiger partial charge is 0.411 e. The normalized spacial score (nSPS) is 20.9. The molecule has 0 aromatic carbocycles. The number of carbonyl (C=O) groups is 2. The minimum atomic E-state index is -0.519. The van der Waals surface area contributed by atoms with Crippen molar-refractivity contribution < 1.29 is 14.3 Å². The first-order chi connectivity index (χ1) is 6.85. The summed E-state index contributed by atoms with van der Waals surface area (Å²) in [6.07, 6.45) is 1.71. The van der Waals surface area contributed by atoms with Crippen molar-refractivity contribution in [3.63, 3.8) is 0 Å². The fourth-order valence-electron chi connectivity index (χ4n) is 1.37. The Morgan fingerprint density at radius 2 is 2.27 bits per heavy atom. The number of Topliss-reactive ketones (excluding diaryl/α,β-unsaturated/α-hetero) is 1. The summed E-state index contributed by atoms with van der Waals surface area (Å²) in [5, 5.41) is 0. The highest BCUT2D eigenvalue weighted by Crippen LogP contribution is 2.20. The average Bonchev–Trinajstić information content (AvgIpc) is 2.07. The van der Waals surface area contributed by atoms with Crippen molar-refractivity contribution in [1.29, 1.82) is 0 Å². The van der Waals surface area contributed by atoms with E-state index in [2.05, 4.69) is 6.58 Å². The van der Waals surface area contributed by atoms with Gasteiger partial charge in [-0.05, 0) is 27.2 Å². The zero-order valence-electron chi connectivity index (χ0n) is 9.45. The van der Waals surface area contributed by atoms with E-state index in [1.54, 1.807) is 26.8 Å². The van der Waals surface area contributed by atoms with Crippen LogP contribution in [0.4, 0.5) is 4.79 Å². The molecule has 4 nitrogen and oxygen atoms in total. The fourth-order valence-corrected chi connectivity index (χ4v) is 1.37. The first-order valence-electron chi connectivity index (χ1n) is 4.98. The second kappa shape index (κ2) is 4.04. The van der Waals surface area contributed by atoms with E-state index in [1.807, 2.05) is 0 Å². The molecule has 1 atom stereocenters. The van der Waals surface area contributed by atoms with E-state index in [1.165, 1.54) is 4.90 Å². The van der Waals surface area contributed by atoms with Crippen molar-refractivity contribution in [2.24, 2.45) is 0 Å². The van der Waals surface area contributed by atoms with Crippen LogP contribution in [0.25, 0.3) is 0 Å². The van der Waals surface area contributed by atoms with Gasteiger partial charge in [-0.15, -0.1) is 6.58 Å². The van der Waals surface area contributed by atoms with Crippen molar-refractivity contribution in [3.05, 3.63) is 12.7 Å². The van der Waals surface area contributed by atoms with Gasteiger partial charge >= 0.3 is 6.09 Å². The first-order valence-corrected chi connectivity index (χ1v) is 4.98. The molecule has 0 unspecified atom stereocenters. The van der Waals surface area contributed by atoms with Crippen LogP contribution in [0.15, 0.2) is 12.7 Å². The molecule has 0 aromatic rings. The van der Waals surface area contributed by atoms with Gasteiger partial charge in [0.15, 0.2) is 5.78 Å². The van der Waals surface area contributed by atoms with Crippen molar-refractivity contribution >= 4 is 11.9 Å². The third-order valence-corrected chi connectivity index (χ3v) is 2.09. The number of likely N-dealkylation sites (tertiary alicyclic amines) is 1. The molecule has 1 rings (SSSR count). The standard InChI is InChI=1S/C11H17NO3/c1-5-6-8-9(13)7-12(8)10(14)15-11(2,3)4/h5,8H,1,6-7H2,2-4H3/t8-/m0/s1. The summed E-state index contributed by atoms with van der Waals surface area (Å²) in [5.74, 6) is 0.0701. The van der Waals surface area contributed by atoms with E-state index in [0.29, 0.717) is 6.42 Å². The number of rotatable bonds is 2. The molecule has 0 radical (unpaired) electrons. The first kappa shape index (κ1) is 11.8. The second-order valence-electron chi connectivity index (χ2n) is 4.61. The molecule has 1 heterocycles. The largest absolute Gasteiger partial charge is 0.444 e. The van der Waals surface area contributed by atoms with Crippen molar-refractivity contribution in [1.82, 2.24) is 4.90 Å². The minimum Gasteiger partial charge on any atom is -0.444 e. The lowest BCUT2D eigenvalue weighted by Gasteiger charge is -2.39. The molecular weight excluding hydrogens is 194 g/mol. The molecule has 0 spiro atoms. The van der Waals surface area contributed by atoms with Crippen LogP contribution in [-0.4, -0.2) is 35.0 Å². The molecule has 0 N–H and O–H groups in total. The van der Waals surface area contributed by atoms with Crippen LogP contribution in [-0.2, 0) is 9.53 Å². The van der Waals surface area contributed by atoms with Gasteiger partial charge in [0.05, 0.1) is 12.6 Å². The summed E-state index contributed by atoms with van der Waals surface area (Å²) in [6, 6.07) is -0.364. The van der Waals surface area contributed by atoms with Gasteiger partial charge in [-0.25, -0.2) is 4.79 Å². The number of hydrogen-bond acceptors (Lipinski definition) is 3. The highest BCUT2D eigenvalue weighted by molar-refractivity contribution is 5.97. The predicted molar refractivity (Wildman–Crippen MR) is 56.5 cm³/mol. The van der Waals surface area contributed by atoms with E-state index in [4.69, 9.17) is 4.74 Å². The molecule has 4 heteroatoms. The quantitative estimate of drug-likeness (QED) is 0.654. The lowest BCUT2D eigenvalue weighted by molar-refractivity contribution is -0.135. The van der Waals surface area contributed by atoms with Crippen molar-refractivity contribution in [2.75, 3.05) is 6.54 Å². The summed E-state index contributed by atoms with van der Waals surface area (Å²) in [4.78, 5) is 24.2. The molecular formula is C11H17NO3. The maximum atomic E-state index is 11.6. The monoisotopic (exact) mass is 211 g/mol. The van der Waals surface area contributed by atoms with Gasteiger partial charge < -0.3 is 4.74 Å². The number of amides is 1. The van der Waals surface area contributed by atoms with Crippen molar-refractivity contribution in [2.45, 2.75) is 38.8 Å². The Labute approximate surface area is 89.9 Å². The maximum absolute atomic E-state index is 11.6. The van der Waals surface area contributed by atoms with Gasteiger partial charge in [0.2, 0.25) is 0 Å². The Bertz CT molecular complexity index is 291. The number of ketones is 1. The highest BCUT2D eigenvalue weighted by atomic mass is 16.6. The van der Waals surface area contributed by atoms with Crippen LogP contribution in [0, 0.1) is 0 Å². The fraction of sp³-hybridized carbons (Fsp3) is 0.636. The molecule has 1 aliphatic rings. The van der Waals surface area contributed by atoms with Gasteiger partial charge in [0, 0.05) is 0 Å². The topological polar surface area (TPSA) is 46.6 Å². The predicted octanol–water partition coefficient (Wildman–Crippen LogP) is 1.75. The minimum absolute atomic E-state index is 0.0701. The Morgan fingerprint density at radius 3 is 2.67 bits per heavy atom. The lowest BCUT2D eigenvalue weighted by Crippen LogP contribution is -2.60. The third-order valence-electron chi connectivity index (χ3n) is 2.09. The summed E-state index contributed by atoms with van der Waals surface area (Å²) in [6.45, 7) is 9.12. The zero-order chi connectivity index (χ0) is 11.6. The van der Waals surface area contributed by atoms with E-state index in [9.17, 15) is 9.59 Å². The van der Waals surface area contributed by atoms with Crippen LogP contribution in [0.5, 0.6) is 0 Å². The summed E-state index contributed by atoms with van der Waals surface area (Å²) in [5.41, 5.74) is -0.519. The Hall–Kier alpha value is -1.32. The van der Waals surface area contributed by atoms with Crippen LogP contribution in [0.2, 0.25) is 0 Å². The maximum Gasteiger partial charge on any atom is 0.411 e. The third kappa shape index (κ3) is 2.81. The van der Waals surface area contributed by atoms with Crippen LogP contribution < -0.4 is 0 Å². The second-order valence-corrected chi connectivity index (χ2v) is 4.61. The summed E-state index contributed by atoms with van der Waals surface area (Å²) < 4.78 is 5.17. The molecule has 1 amide bonds. The Kier molecular flexibility index (Phi) is 3.17. The molecule has 0 saturated carbocycles. The molecule has 15 heavy (non-hydrogen) atoms. The number of hydrogen-bond donors (Lipinski definition) is 0. The van der Waals surface area contributed by atoms with E-state index in [-0.39, 0.29) is 18.4 Å². The van der Waals surface area contributed by atoms with Crippen LogP contribution in [0.3, 0.4) is 0 Å². The summed E-state index contributed by atoms with van der Waals surface area (Å²) >= 11 is 0. The van der Waals surface area contributed by atoms with Crippen LogP contribution >= 0.6 is 0 Å². The Morgan fingerprint density at radius 1 is 1.67 bits per heavy atom.